The Morgan fingerprint density at radius 2 is 1.88 bits per heavy atom. The number of amides is 1. The average molecular weight is 373 g/mol. The molecule has 1 fully saturated rings. The number of halogens is 1. The maximum Gasteiger partial charge on any atom is 0.227 e. The quantitative estimate of drug-likeness (QED) is 0.839. The summed E-state index contributed by atoms with van der Waals surface area (Å²) in [7, 11) is 1.62. The first-order valence-corrected chi connectivity index (χ1v) is 9.35. The van der Waals surface area contributed by atoms with E-state index in [-0.39, 0.29) is 11.8 Å². The van der Waals surface area contributed by atoms with E-state index < -0.39 is 0 Å². The molecule has 5 heteroatoms. The van der Waals surface area contributed by atoms with Crippen LogP contribution in [-0.2, 0) is 11.3 Å². The number of carbonyl (C=O) groups excluding carboxylic acids is 1. The summed E-state index contributed by atoms with van der Waals surface area (Å²) in [5.41, 5.74) is 3.10. The molecule has 1 aliphatic rings. The summed E-state index contributed by atoms with van der Waals surface area (Å²) in [6, 6.07) is 13.8. The van der Waals surface area contributed by atoms with Crippen LogP contribution in [0.15, 0.2) is 42.5 Å². The van der Waals surface area contributed by atoms with Crippen molar-refractivity contribution >= 4 is 23.2 Å². The van der Waals surface area contributed by atoms with Gasteiger partial charge >= 0.3 is 0 Å². The summed E-state index contributed by atoms with van der Waals surface area (Å²) in [5.74, 6) is 0.825. The Kier molecular flexibility index (Phi) is 6.17. The second-order valence-corrected chi connectivity index (χ2v) is 7.31. The molecule has 2 aromatic rings. The number of methoxy groups -OCH3 is 1. The van der Waals surface area contributed by atoms with Crippen molar-refractivity contribution in [3.8, 4) is 5.75 Å². The fourth-order valence-corrected chi connectivity index (χ4v) is 3.48. The van der Waals surface area contributed by atoms with Crippen molar-refractivity contribution in [2.24, 2.45) is 5.92 Å². The van der Waals surface area contributed by atoms with Crippen LogP contribution < -0.4 is 10.1 Å². The molecule has 26 heavy (non-hydrogen) atoms. The van der Waals surface area contributed by atoms with Gasteiger partial charge in [0.1, 0.15) is 5.75 Å². The summed E-state index contributed by atoms with van der Waals surface area (Å²) < 4.78 is 5.35. The summed E-state index contributed by atoms with van der Waals surface area (Å²) >= 11 is 5.94. The lowest BCUT2D eigenvalue weighted by molar-refractivity contribution is -0.121. The molecular weight excluding hydrogens is 348 g/mol. The zero-order valence-electron chi connectivity index (χ0n) is 15.3. The molecule has 4 nitrogen and oxygen atoms in total. The lowest BCUT2D eigenvalue weighted by atomic mass is 9.95. The van der Waals surface area contributed by atoms with E-state index in [1.807, 2.05) is 37.3 Å². The van der Waals surface area contributed by atoms with Gasteiger partial charge in [-0.05, 0) is 68.2 Å². The fourth-order valence-electron chi connectivity index (χ4n) is 3.36. The first-order valence-electron chi connectivity index (χ1n) is 8.97. The van der Waals surface area contributed by atoms with E-state index >= 15 is 0 Å². The SMILES string of the molecule is COc1ccc(C)cc1NC(=O)C1CCN(Cc2ccc(Cl)cc2)CC1. The van der Waals surface area contributed by atoms with E-state index in [9.17, 15) is 4.79 Å². The number of benzene rings is 2. The number of hydrogen-bond donors (Lipinski definition) is 1. The maximum atomic E-state index is 12.6. The number of aryl methyl sites for hydroxylation is 1. The number of anilines is 1. The van der Waals surface area contributed by atoms with Gasteiger partial charge in [-0.2, -0.15) is 0 Å². The highest BCUT2D eigenvalue weighted by Gasteiger charge is 2.25. The van der Waals surface area contributed by atoms with Crippen molar-refractivity contribution in [1.82, 2.24) is 4.90 Å². The van der Waals surface area contributed by atoms with Crippen molar-refractivity contribution in [3.63, 3.8) is 0 Å². The van der Waals surface area contributed by atoms with Crippen LogP contribution in [0.25, 0.3) is 0 Å². The smallest absolute Gasteiger partial charge is 0.227 e. The number of rotatable bonds is 5. The van der Waals surface area contributed by atoms with Gasteiger partial charge < -0.3 is 10.1 Å². The van der Waals surface area contributed by atoms with Crippen LogP contribution >= 0.6 is 11.6 Å². The molecule has 0 aliphatic carbocycles. The highest BCUT2D eigenvalue weighted by Crippen LogP contribution is 2.27. The van der Waals surface area contributed by atoms with Gasteiger partial charge in [-0.25, -0.2) is 0 Å². The van der Waals surface area contributed by atoms with E-state index in [1.54, 1.807) is 7.11 Å². The van der Waals surface area contributed by atoms with Crippen molar-refractivity contribution in [2.45, 2.75) is 26.3 Å². The number of nitrogens with one attached hydrogen (secondary N) is 1. The minimum absolute atomic E-state index is 0.0432. The van der Waals surface area contributed by atoms with Crippen LogP contribution in [0.2, 0.25) is 5.02 Å². The largest absolute Gasteiger partial charge is 0.495 e. The third-order valence-corrected chi connectivity index (χ3v) is 5.14. The van der Waals surface area contributed by atoms with Gasteiger partial charge in [0.05, 0.1) is 12.8 Å². The number of carbonyl (C=O) groups is 1. The number of hydrogen-bond acceptors (Lipinski definition) is 3. The molecule has 0 atom stereocenters. The molecule has 0 spiro atoms. The third kappa shape index (κ3) is 4.77. The van der Waals surface area contributed by atoms with Gasteiger partial charge in [-0.3, -0.25) is 9.69 Å². The lowest BCUT2D eigenvalue weighted by Crippen LogP contribution is -2.37. The van der Waals surface area contributed by atoms with Crippen LogP contribution in [0.1, 0.15) is 24.0 Å². The first-order chi connectivity index (χ1) is 12.5. The van der Waals surface area contributed by atoms with Crippen LogP contribution in [0.5, 0.6) is 5.75 Å². The van der Waals surface area contributed by atoms with E-state index in [0.29, 0.717) is 5.75 Å². The summed E-state index contributed by atoms with van der Waals surface area (Å²) in [4.78, 5) is 15.0. The molecule has 1 aliphatic heterocycles. The maximum absolute atomic E-state index is 12.6. The number of piperidine rings is 1. The average Bonchev–Trinajstić information content (AvgIpc) is 2.64. The molecule has 1 N–H and O–H groups in total. The number of ether oxygens (including phenoxy) is 1. The topological polar surface area (TPSA) is 41.6 Å². The second kappa shape index (κ2) is 8.56. The van der Waals surface area contributed by atoms with Crippen molar-refractivity contribution in [3.05, 3.63) is 58.6 Å². The van der Waals surface area contributed by atoms with Gasteiger partial charge in [0.15, 0.2) is 0 Å². The zero-order chi connectivity index (χ0) is 18.5. The number of likely N-dealkylation sites (tertiary alicyclic amines) is 1. The standard InChI is InChI=1S/C21H25ClN2O2/c1-15-3-8-20(26-2)19(13-15)23-21(25)17-9-11-24(12-10-17)14-16-4-6-18(22)7-5-16/h3-8,13,17H,9-12,14H2,1-2H3,(H,23,25). The molecule has 1 heterocycles. The molecule has 138 valence electrons. The van der Waals surface area contributed by atoms with Gasteiger partial charge in [0.25, 0.3) is 0 Å². The van der Waals surface area contributed by atoms with Gasteiger partial charge in [-0.1, -0.05) is 29.8 Å². The highest BCUT2D eigenvalue weighted by atomic mass is 35.5. The molecule has 2 aromatic carbocycles. The highest BCUT2D eigenvalue weighted by molar-refractivity contribution is 6.30. The normalized spacial score (nSPS) is 15.7. The Hall–Kier alpha value is -2.04. The Labute approximate surface area is 160 Å². The van der Waals surface area contributed by atoms with Gasteiger partial charge in [-0.15, -0.1) is 0 Å². The van der Waals surface area contributed by atoms with E-state index in [2.05, 4.69) is 22.3 Å². The molecule has 1 saturated heterocycles. The summed E-state index contributed by atoms with van der Waals surface area (Å²) in [6.07, 6.45) is 1.74. The monoisotopic (exact) mass is 372 g/mol. The second-order valence-electron chi connectivity index (χ2n) is 6.87. The van der Waals surface area contributed by atoms with Crippen LogP contribution in [-0.4, -0.2) is 31.0 Å². The summed E-state index contributed by atoms with van der Waals surface area (Å²) in [6.45, 7) is 4.75. The van der Waals surface area contributed by atoms with Crippen LogP contribution in [0.3, 0.4) is 0 Å². The predicted octanol–water partition coefficient (Wildman–Crippen LogP) is 4.51. The third-order valence-electron chi connectivity index (χ3n) is 4.89. The molecule has 3 rings (SSSR count). The van der Waals surface area contributed by atoms with Crippen molar-refractivity contribution in [2.75, 3.05) is 25.5 Å². The molecular formula is C21H25ClN2O2. The van der Waals surface area contributed by atoms with Crippen LogP contribution in [0.4, 0.5) is 5.69 Å². The molecule has 0 unspecified atom stereocenters. The lowest BCUT2D eigenvalue weighted by Gasteiger charge is -2.31. The molecule has 0 radical (unpaired) electrons. The molecule has 0 saturated carbocycles. The van der Waals surface area contributed by atoms with E-state index in [0.717, 1.165) is 48.7 Å². The van der Waals surface area contributed by atoms with Gasteiger partial charge in [0, 0.05) is 17.5 Å². The molecule has 1 amide bonds. The van der Waals surface area contributed by atoms with E-state index in [1.165, 1.54) is 5.56 Å². The van der Waals surface area contributed by atoms with Crippen molar-refractivity contribution in [1.29, 1.82) is 0 Å². The Balaban J connectivity index is 1.53. The summed E-state index contributed by atoms with van der Waals surface area (Å²) in [5, 5.41) is 3.81. The van der Waals surface area contributed by atoms with Crippen LogP contribution in [0, 0.1) is 12.8 Å². The van der Waals surface area contributed by atoms with Crippen molar-refractivity contribution < 1.29 is 9.53 Å². The first kappa shape index (κ1) is 18.7. The Bertz CT molecular complexity index is 753. The Morgan fingerprint density at radius 3 is 2.54 bits per heavy atom. The minimum Gasteiger partial charge on any atom is -0.495 e. The molecule has 0 bridgehead atoms. The molecule has 0 aromatic heterocycles. The predicted molar refractivity (Wildman–Crippen MR) is 106 cm³/mol. The van der Waals surface area contributed by atoms with Gasteiger partial charge in [0.2, 0.25) is 5.91 Å². The Morgan fingerprint density at radius 1 is 1.19 bits per heavy atom. The zero-order valence-corrected chi connectivity index (χ0v) is 16.1. The fraction of sp³-hybridized carbons (Fsp3) is 0.381. The minimum atomic E-state index is 0.0432. The van der Waals surface area contributed by atoms with E-state index in [4.69, 9.17) is 16.3 Å². The number of nitrogens with zero attached hydrogens (tertiary/aromatic N) is 1.